The van der Waals surface area contributed by atoms with Crippen LogP contribution in [-0.4, -0.2) is 54.6 Å². The minimum atomic E-state index is 0.460. The zero-order chi connectivity index (χ0) is 20.5. The molecule has 1 aliphatic carbocycles. The predicted molar refractivity (Wildman–Crippen MR) is 124 cm³/mol. The zero-order valence-corrected chi connectivity index (χ0v) is 18.7. The molecule has 1 aromatic carbocycles. The number of hydrogen-bond donors (Lipinski definition) is 0. The van der Waals surface area contributed by atoms with Gasteiger partial charge in [-0.25, -0.2) is 0 Å². The van der Waals surface area contributed by atoms with Gasteiger partial charge in [0.25, 0.3) is 0 Å². The number of pyridine rings is 1. The second-order valence-electron chi connectivity index (χ2n) is 9.63. The third kappa shape index (κ3) is 3.88. The maximum atomic E-state index is 4.78. The molecule has 0 amide bonds. The fourth-order valence-electron chi connectivity index (χ4n) is 5.90. The van der Waals surface area contributed by atoms with Crippen molar-refractivity contribution in [3.63, 3.8) is 0 Å². The fraction of sp³-hybridized carbons (Fsp3) is 0.577. The number of aromatic nitrogens is 1. The van der Waals surface area contributed by atoms with E-state index in [-0.39, 0.29) is 0 Å². The highest BCUT2D eigenvalue weighted by molar-refractivity contribution is 5.58. The normalized spacial score (nSPS) is 24.6. The van der Waals surface area contributed by atoms with Gasteiger partial charge in [0.1, 0.15) is 0 Å². The Labute approximate surface area is 181 Å². The van der Waals surface area contributed by atoms with Crippen molar-refractivity contribution in [2.45, 2.75) is 63.6 Å². The molecule has 5 rings (SSSR count). The van der Waals surface area contributed by atoms with E-state index in [1.807, 2.05) is 6.20 Å². The SMILES string of the molecule is CN1Cc2cccc(N3CCCCC3)c2C[C@@H]1CN(C)[C@H]1CCCc2cccnc21. The Balaban J connectivity index is 1.35. The average Bonchev–Trinajstić information content (AvgIpc) is 2.79. The Hall–Kier alpha value is -1.91. The highest BCUT2D eigenvalue weighted by Gasteiger charge is 2.31. The van der Waals surface area contributed by atoms with Crippen LogP contribution < -0.4 is 4.90 Å². The topological polar surface area (TPSA) is 22.6 Å². The van der Waals surface area contributed by atoms with E-state index in [1.165, 1.54) is 74.1 Å². The van der Waals surface area contributed by atoms with Crippen LogP contribution in [0, 0.1) is 0 Å². The standard InChI is InChI=1S/C26H36N4/c1-28-18-21-10-7-12-24(30-15-4-3-5-16-30)23(21)17-22(28)19-29(2)25-13-6-9-20-11-8-14-27-26(20)25/h7-8,10-12,14,22,25H,3-6,9,13,15-19H2,1-2H3/t22-,25+/m1/s1. The molecule has 0 bridgehead atoms. The molecular weight excluding hydrogens is 368 g/mol. The summed E-state index contributed by atoms with van der Waals surface area (Å²) >= 11 is 0. The van der Waals surface area contributed by atoms with Gasteiger partial charge in [-0.15, -0.1) is 0 Å². The average molecular weight is 405 g/mol. The predicted octanol–water partition coefficient (Wildman–Crippen LogP) is 4.44. The molecule has 0 saturated carbocycles. The monoisotopic (exact) mass is 404 g/mol. The van der Waals surface area contributed by atoms with E-state index in [0.717, 1.165) is 19.5 Å². The molecule has 0 unspecified atom stereocenters. The maximum Gasteiger partial charge on any atom is 0.0607 e. The van der Waals surface area contributed by atoms with Gasteiger partial charge in [-0.3, -0.25) is 14.8 Å². The fourth-order valence-corrected chi connectivity index (χ4v) is 5.90. The quantitative estimate of drug-likeness (QED) is 0.751. The molecular formula is C26H36N4. The number of aryl methyl sites for hydroxylation is 1. The minimum Gasteiger partial charge on any atom is -0.371 e. The molecule has 1 fully saturated rings. The third-order valence-electron chi connectivity index (χ3n) is 7.62. The van der Waals surface area contributed by atoms with Crippen molar-refractivity contribution in [3.05, 3.63) is 58.9 Å². The van der Waals surface area contributed by atoms with Gasteiger partial charge in [0.15, 0.2) is 0 Å². The van der Waals surface area contributed by atoms with E-state index >= 15 is 0 Å². The zero-order valence-electron chi connectivity index (χ0n) is 18.7. The first-order valence-corrected chi connectivity index (χ1v) is 11.9. The van der Waals surface area contributed by atoms with Crippen molar-refractivity contribution in [3.8, 4) is 0 Å². The summed E-state index contributed by atoms with van der Waals surface area (Å²) in [6.07, 6.45) is 10.9. The summed E-state index contributed by atoms with van der Waals surface area (Å²) in [4.78, 5) is 12.6. The summed E-state index contributed by atoms with van der Waals surface area (Å²) in [7, 11) is 4.62. The highest BCUT2D eigenvalue weighted by atomic mass is 15.2. The summed E-state index contributed by atoms with van der Waals surface area (Å²) in [6, 6.07) is 12.4. The lowest BCUT2D eigenvalue weighted by Crippen LogP contribution is -2.46. The summed E-state index contributed by atoms with van der Waals surface area (Å²) in [5.74, 6) is 0. The highest BCUT2D eigenvalue weighted by Crippen LogP contribution is 2.35. The Kier molecular flexibility index (Phi) is 5.79. The molecule has 1 aromatic heterocycles. The molecule has 3 aliphatic rings. The Morgan fingerprint density at radius 1 is 1.03 bits per heavy atom. The molecule has 1 saturated heterocycles. The molecule has 30 heavy (non-hydrogen) atoms. The molecule has 4 nitrogen and oxygen atoms in total. The van der Waals surface area contributed by atoms with Gasteiger partial charge in [-0.05, 0) is 87.9 Å². The van der Waals surface area contributed by atoms with Crippen LogP contribution in [0.15, 0.2) is 36.5 Å². The van der Waals surface area contributed by atoms with Crippen molar-refractivity contribution in [2.75, 3.05) is 38.6 Å². The Morgan fingerprint density at radius 3 is 2.73 bits per heavy atom. The van der Waals surface area contributed by atoms with E-state index in [4.69, 9.17) is 4.98 Å². The lowest BCUT2D eigenvalue weighted by molar-refractivity contribution is 0.126. The first-order chi connectivity index (χ1) is 14.7. The number of piperidine rings is 1. The molecule has 0 radical (unpaired) electrons. The lowest BCUT2D eigenvalue weighted by Gasteiger charge is -2.41. The summed E-state index contributed by atoms with van der Waals surface area (Å²) in [5.41, 5.74) is 7.43. The second-order valence-corrected chi connectivity index (χ2v) is 9.63. The molecule has 2 aliphatic heterocycles. The molecule has 0 spiro atoms. The first kappa shape index (κ1) is 20.0. The van der Waals surface area contributed by atoms with Crippen LogP contribution in [0.1, 0.15) is 60.5 Å². The van der Waals surface area contributed by atoms with E-state index in [2.05, 4.69) is 59.1 Å². The van der Waals surface area contributed by atoms with Crippen molar-refractivity contribution < 1.29 is 0 Å². The molecule has 0 N–H and O–H groups in total. The van der Waals surface area contributed by atoms with Crippen LogP contribution in [0.4, 0.5) is 5.69 Å². The van der Waals surface area contributed by atoms with Crippen molar-refractivity contribution >= 4 is 5.69 Å². The van der Waals surface area contributed by atoms with Gasteiger partial charge < -0.3 is 4.90 Å². The number of fused-ring (bicyclic) bond motifs is 2. The Bertz CT molecular complexity index is 873. The maximum absolute atomic E-state index is 4.78. The number of hydrogen-bond acceptors (Lipinski definition) is 4. The molecule has 3 heterocycles. The number of rotatable bonds is 4. The van der Waals surface area contributed by atoms with Crippen molar-refractivity contribution in [2.24, 2.45) is 0 Å². The van der Waals surface area contributed by atoms with E-state index in [1.54, 1.807) is 5.56 Å². The van der Waals surface area contributed by atoms with Gasteiger partial charge in [-0.1, -0.05) is 18.2 Å². The van der Waals surface area contributed by atoms with Crippen molar-refractivity contribution in [1.82, 2.24) is 14.8 Å². The molecule has 2 aromatic rings. The third-order valence-corrected chi connectivity index (χ3v) is 7.62. The Morgan fingerprint density at radius 2 is 1.87 bits per heavy atom. The number of anilines is 1. The van der Waals surface area contributed by atoms with E-state index in [9.17, 15) is 0 Å². The minimum absolute atomic E-state index is 0.460. The van der Waals surface area contributed by atoms with Crippen LogP contribution in [0.3, 0.4) is 0 Å². The smallest absolute Gasteiger partial charge is 0.0607 e. The summed E-state index contributed by atoms with van der Waals surface area (Å²) in [5, 5.41) is 0. The molecule has 4 heteroatoms. The largest absolute Gasteiger partial charge is 0.371 e. The van der Waals surface area contributed by atoms with Gasteiger partial charge in [0.2, 0.25) is 0 Å². The van der Waals surface area contributed by atoms with Gasteiger partial charge in [-0.2, -0.15) is 0 Å². The second kappa shape index (κ2) is 8.68. The molecule has 160 valence electrons. The van der Waals surface area contributed by atoms with Crippen LogP contribution in [0.2, 0.25) is 0 Å². The number of nitrogens with zero attached hydrogens (tertiary/aromatic N) is 4. The van der Waals surface area contributed by atoms with Crippen LogP contribution >= 0.6 is 0 Å². The first-order valence-electron chi connectivity index (χ1n) is 11.9. The van der Waals surface area contributed by atoms with E-state index in [0.29, 0.717) is 12.1 Å². The van der Waals surface area contributed by atoms with Crippen LogP contribution in [-0.2, 0) is 19.4 Å². The summed E-state index contributed by atoms with van der Waals surface area (Å²) < 4.78 is 0. The van der Waals surface area contributed by atoms with Crippen molar-refractivity contribution in [1.29, 1.82) is 0 Å². The number of likely N-dealkylation sites (N-methyl/N-ethyl adjacent to an activating group) is 2. The van der Waals surface area contributed by atoms with Gasteiger partial charge in [0.05, 0.1) is 11.7 Å². The lowest BCUT2D eigenvalue weighted by atomic mass is 9.89. The molecule has 2 atom stereocenters. The number of benzene rings is 1. The van der Waals surface area contributed by atoms with Crippen LogP contribution in [0.5, 0.6) is 0 Å². The summed E-state index contributed by atoms with van der Waals surface area (Å²) in [6.45, 7) is 4.61. The van der Waals surface area contributed by atoms with E-state index < -0.39 is 0 Å². The van der Waals surface area contributed by atoms with Gasteiger partial charge in [0, 0.05) is 44.1 Å². The van der Waals surface area contributed by atoms with Gasteiger partial charge >= 0.3 is 0 Å². The van der Waals surface area contributed by atoms with Crippen LogP contribution in [0.25, 0.3) is 0 Å².